The van der Waals surface area contributed by atoms with Crippen molar-refractivity contribution < 1.29 is 19.1 Å². The number of nitrogens with one attached hydrogen (secondary N) is 1. The van der Waals surface area contributed by atoms with Crippen LogP contribution in [-0.2, 0) is 16.1 Å². The molecular formula is C15H21NO4. The van der Waals surface area contributed by atoms with Gasteiger partial charge >= 0.3 is 5.97 Å². The van der Waals surface area contributed by atoms with Gasteiger partial charge in [-0.1, -0.05) is 19.3 Å². The fourth-order valence-corrected chi connectivity index (χ4v) is 2.83. The van der Waals surface area contributed by atoms with Crippen LogP contribution in [0.4, 0.5) is 0 Å². The minimum absolute atomic E-state index is 0.0576. The first-order chi connectivity index (χ1) is 9.52. The minimum Gasteiger partial charge on any atom is -0.481 e. The molecule has 1 amide bonds. The Balaban J connectivity index is 1.90. The van der Waals surface area contributed by atoms with Crippen molar-refractivity contribution in [1.82, 2.24) is 5.32 Å². The van der Waals surface area contributed by atoms with Gasteiger partial charge in [0.25, 0.3) is 0 Å². The third-order valence-corrected chi connectivity index (χ3v) is 4.02. The molecule has 5 heteroatoms. The smallest absolute Gasteiger partial charge is 0.310 e. The lowest BCUT2D eigenvalue weighted by Crippen LogP contribution is -2.39. The zero-order valence-corrected chi connectivity index (χ0v) is 11.8. The molecular weight excluding hydrogens is 258 g/mol. The Hall–Kier alpha value is -1.78. The number of aryl methyl sites for hydroxylation is 1. The molecule has 1 saturated carbocycles. The maximum Gasteiger partial charge on any atom is 0.310 e. The summed E-state index contributed by atoms with van der Waals surface area (Å²) in [5.41, 5.74) is -0.874. The number of hydrogen-bond acceptors (Lipinski definition) is 3. The van der Waals surface area contributed by atoms with Gasteiger partial charge in [0.15, 0.2) is 0 Å². The van der Waals surface area contributed by atoms with E-state index in [1.165, 1.54) is 0 Å². The van der Waals surface area contributed by atoms with Crippen LogP contribution in [0.15, 0.2) is 16.5 Å². The number of furan rings is 1. The number of carbonyl (C=O) groups excluding carboxylic acids is 1. The zero-order chi connectivity index (χ0) is 14.6. The molecule has 0 spiro atoms. The van der Waals surface area contributed by atoms with E-state index in [4.69, 9.17) is 4.42 Å². The summed E-state index contributed by atoms with van der Waals surface area (Å²) >= 11 is 0. The third kappa shape index (κ3) is 3.40. The molecule has 0 bridgehead atoms. The molecule has 0 aliphatic heterocycles. The highest BCUT2D eigenvalue weighted by atomic mass is 16.4. The van der Waals surface area contributed by atoms with Gasteiger partial charge in [0, 0.05) is 6.42 Å². The topological polar surface area (TPSA) is 79.5 Å². The summed E-state index contributed by atoms with van der Waals surface area (Å²) in [6.07, 6.45) is 4.07. The second kappa shape index (κ2) is 6.11. The van der Waals surface area contributed by atoms with Gasteiger partial charge in [-0.05, 0) is 31.9 Å². The molecule has 1 fully saturated rings. The molecule has 1 aromatic heterocycles. The van der Waals surface area contributed by atoms with Gasteiger partial charge in [0.2, 0.25) is 5.91 Å². The molecule has 0 saturated heterocycles. The summed E-state index contributed by atoms with van der Waals surface area (Å²) in [4.78, 5) is 23.5. The van der Waals surface area contributed by atoms with Crippen molar-refractivity contribution in [2.75, 3.05) is 0 Å². The van der Waals surface area contributed by atoms with Crippen molar-refractivity contribution in [3.05, 3.63) is 23.7 Å². The van der Waals surface area contributed by atoms with Crippen molar-refractivity contribution in [2.24, 2.45) is 5.41 Å². The lowest BCUT2D eigenvalue weighted by atomic mass is 9.71. The normalized spacial score (nSPS) is 17.6. The maximum atomic E-state index is 12.0. The Morgan fingerprint density at radius 2 is 2.00 bits per heavy atom. The van der Waals surface area contributed by atoms with Crippen molar-refractivity contribution in [2.45, 2.75) is 52.0 Å². The average molecular weight is 279 g/mol. The molecule has 20 heavy (non-hydrogen) atoms. The fraction of sp³-hybridized carbons (Fsp3) is 0.600. The molecule has 2 N–H and O–H groups in total. The lowest BCUT2D eigenvalue weighted by Gasteiger charge is -2.32. The van der Waals surface area contributed by atoms with Crippen LogP contribution in [0.3, 0.4) is 0 Å². The van der Waals surface area contributed by atoms with Crippen molar-refractivity contribution >= 4 is 11.9 Å². The largest absolute Gasteiger partial charge is 0.481 e. The summed E-state index contributed by atoms with van der Waals surface area (Å²) in [6.45, 7) is 2.15. The number of carboxylic acid groups (broad SMARTS) is 1. The van der Waals surface area contributed by atoms with E-state index in [9.17, 15) is 14.7 Å². The monoisotopic (exact) mass is 279 g/mol. The zero-order valence-electron chi connectivity index (χ0n) is 11.8. The third-order valence-electron chi connectivity index (χ3n) is 4.02. The van der Waals surface area contributed by atoms with E-state index in [2.05, 4.69) is 5.32 Å². The van der Waals surface area contributed by atoms with Gasteiger partial charge < -0.3 is 14.8 Å². The number of hydrogen-bond donors (Lipinski definition) is 2. The molecule has 2 rings (SSSR count). The van der Waals surface area contributed by atoms with E-state index >= 15 is 0 Å². The first-order valence-electron chi connectivity index (χ1n) is 7.07. The fourth-order valence-electron chi connectivity index (χ4n) is 2.83. The van der Waals surface area contributed by atoms with Crippen LogP contribution in [0.2, 0.25) is 0 Å². The number of aliphatic carboxylic acids is 1. The van der Waals surface area contributed by atoms with E-state index in [0.717, 1.165) is 25.0 Å². The van der Waals surface area contributed by atoms with Gasteiger partial charge in [-0.15, -0.1) is 0 Å². The quantitative estimate of drug-likeness (QED) is 0.868. The molecule has 1 heterocycles. The SMILES string of the molecule is Cc1ccc(CNC(=O)CC2(C(=O)O)CCCCC2)o1. The van der Waals surface area contributed by atoms with E-state index in [-0.39, 0.29) is 12.3 Å². The predicted octanol–water partition coefficient (Wildman–Crippen LogP) is 2.63. The Kier molecular flexibility index (Phi) is 4.47. The summed E-state index contributed by atoms with van der Waals surface area (Å²) in [5, 5.41) is 12.2. The molecule has 0 aromatic carbocycles. The maximum absolute atomic E-state index is 12.0. The Morgan fingerprint density at radius 3 is 2.55 bits per heavy atom. The van der Waals surface area contributed by atoms with Gasteiger partial charge in [-0.2, -0.15) is 0 Å². The van der Waals surface area contributed by atoms with Crippen LogP contribution in [0, 0.1) is 12.3 Å². The Bertz CT molecular complexity index is 486. The van der Waals surface area contributed by atoms with E-state index in [1.807, 2.05) is 19.1 Å². The highest BCUT2D eigenvalue weighted by Crippen LogP contribution is 2.39. The van der Waals surface area contributed by atoms with Crippen molar-refractivity contribution in [3.63, 3.8) is 0 Å². The first-order valence-corrected chi connectivity index (χ1v) is 7.07. The summed E-state index contributed by atoms with van der Waals surface area (Å²) in [5.74, 6) is 0.414. The number of carbonyl (C=O) groups is 2. The van der Waals surface area contributed by atoms with Crippen LogP contribution in [0.1, 0.15) is 50.0 Å². The van der Waals surface area contributed by atoms with Crippen LogP contribution >= 0.6 is 0 Å². The lowest BCUT2D eigenvalue weighted by molar-refractivity contribution is -0.154. The van der Waals surface area contributed by atoms with Crippen LogP contribution in [0.25, 0.3) is 0 Å². The molecule has 1 aromatic rings. The van der Waals surface area contributed by atoms with E-state index in [0.29, 0.717) is 25.1 Å². The van der Waals surface area contributed by atoms with Crippen LogP contribution < -0.4 is 5.32 Å². The average Bonchev–Trinajstić information content (AvgIpc) is 2.83. The number of carboxylic acids is 1. The highest BCUT2D eigenvalue weighted by molar-refractivity contribution is 5.85. The van der Waals surface area contributed by atoms with E-state index in [1.54, 1.807) is 0 Å². The number of amides is 1. The highest BCUT2D eigenvalue weighted by Gasteiger charge is 2.41. The number of rotatable bonds is 5. The second-order valence-corrected chi connectivity index (χ2v) is 5.61. The van der Waals surface area contributed by atoms with Crippen molar-refractivity contribution in [3.8, 4) is 0 Å². The summed E-state index contributed by atoms with van der Waals surface area (Å²) in [7, 11) is 0. The predicted molar refractivity (Wildman–Crippen MR) is 73.1 cm³/mol. The van der Waals surface area contributed by atoms with Gasteiger partial charge in [-0.25, -0.2) is 0 Å². The van der Waals surface area contributed by atoms with Gasteiger partial charge in [0.1, 0.15) is 11.5 Å². The molecule has 0 unspecified atom stereocenters. The van der Waals surface area contributed by atoms with Gasteiger partial charge in [0.05, 0.1) is 12.0 Å². The van der Waals surface area contributed by atoms with E-state index < -0.39 is 11.4 Å². The summed E-state index contributed by atoms with van der Waals surface area (Å²) < 4.78 is 5.37. The van der Waals surface area contributed by atoms with Crippen molar-refractivity contribution in [1.29, 1.82) is 0 Å². The molecule has 0 radical (unpaired) electrons. The van der Waals surface area contributed by atoms with Crippen LogP contribution in [0.5, 0.6) is 0 Å². The molecule has 1 aliphatic rings. The minimum atomic E-state index is -0.874. The molecule has 0 atom stereocenters. The molecule has 1 aliphatic carbocycles. The Labute approximate surface area is 118 Å². The molecule has 110 valence electrons. The van der Waals surface area contributed by atoms with Gasteiger partial charge in [-0.3, -0.25) is 9.59 Å². The van der Waals surface area contributed by atoms with Crippen LogP contribution in [-0.4, -0.2) is 17.0 Å². The molecule has 5 nitrogen and oxygen atoms in total. The second-order valence-electron chi connectivity index (χ2n) is 5.61. The Morgan fingerprint density at radius 1 is 1.30 bits per heavy atom. The first kappa shape index (κ1) is 14.6. The summed E-state index contributed by atoms with van der Waals surface area (Å²) in [6, 6.07) is 3.64. The standard InChI is InChI=1S/C15H21NO4/c1-11-5-6-12(20-11)10-16-13(17)9-15(14(18)19)7-3-2-4-8-15/h5-6H,2-4,7-10H2,1H3,(H,16,17)(H,18,19).